The molecule has 0 aromatic carbocycles. The quantitative estimate of drug-likeness (QED) is 0.825. The molecule has 2 amide bonds. The lowest BCUT2D eigenvalue weighted by Gasteiger charge is -2.35. The second-order valence-electron chi connectivity index (χ2n) is 6.36. The third kappa shape index (κ3) is 4.68. The van der Waals surface area contributed by atoms with Crippen LogP contribution in [0.4, 0.5) is 4.79 Å². The van der Waals surface area contributed by atoms with Gasteiger partial charge in [-0.25, -0.2) is 4.79 Å². The Kier molecular flexibility index (Phi) is 5.49. The third-order valence-corrected chi connectivity index (χ3v) is 4.54. The minimum absolute atomic E-state index is 0.0508. The molecule has 0 atom stereocenters. The number of carbonyl (C=O) groups is 1. The standard InChI is InChI=1S/C15H29N3O/c1-12(2)18-10-8-14(9-11-18)17-15(19)16-13-6-4-3-5-7-13/h12-14H,3-11H2,1-2H3,(H2,16,17,19). The van der Waals surface area contributed by atoms with Gasteiger partial charge in [-0.1, -0.05) is 19.3 Å². The molecule has 0 bridgehead atoms. The van der Waals surface area contributed by atoms with Crippen molar-refractivity contribution in [2.45, 2.75) is 76.9 Å². The van der Waals surface area contributed by atoms with Crippen molar-refractivity contribution in [2.75, 3.05) is 13.1 Å². The van der Waals surface area contributed by atoms with Crippen molar-refractivity contribution < 1.29 is 4.79 Å². The number of hydrogen-bond donors (Lipinski definition) is 2. The number of rotatable bonds is 3. The van der Waals surface area contributed by atoms with E-state index in [9.17, 15) is 4.79 Å². The predicted octanol–water partition coefficient (Wildman–Crippen LogP) is 2.49. The van der Waals surface area contributed by atoms with Crippen LogP contribution in [0.2, 0.25) is 0 Å². The molecule has 1 aliphatic carbocycles. The number of hydrogen-bond acceptors (Lipinski definition) is 2. The van der Waals surface area contributed by atoms with Crippen molar-refractivity contribution in [3.8, 4) is 0 Å². The van der Waals surface area contributed by atoms with Gasteiger partial charge < -0.3 is 15.5 Å². The van der Waals surface area contributed by atoms with Gasteiger partial charge in [0.15, 0.2) is 0 Å². The zero-order valence-electron chi connectivity index (χ0n) is 12.5. The molecule has 0 radical (unpaired) electrons. The highest BCUT2D eigenvalue weighted by atomic mass is 16.2. The Labute approximate surface area is 117 Å². The number of nitrogens with one attached hydrogen (secondary N) is 2. The highest BCUT2D eigenvalue weighted by molar-refractivity contribution is 5.74. The van der Waals surface area contributed by atoms with Crippen molar-refractivity contribution in [3.63, 3.8) is 0 Å². The predicted molar refractivity (Wildman–Crippen MR) is 78.3 cm³/mol. The molecule has 2 aliphatic rings. The van der Waals surface area contributed by atoms with E-state index in [1.165, 1.54) is 19.3 Å². The van der Waals surface area contributed by atoms with Crippen molar-refractivity contribution in [3.05, 3.63) is 0 Å². The van der Waals surface area contributed by atoms with Gasteiger partial charge in [-0.2, -0.15) is 0 Å². The average molecular weight is 267 g/mol. The van der Waals surface area contributed by atoms with Crippen LogP contribution in [0.3, 0.4) is 0 Å². The van der Waals surface area contributed by atoms with E-state index in [1.54, 1.807) is 0 Å². The summed E-state index contributed by atoms with van der Waals surface area (Å²) in [5.41, 5.74) is 0. The van der Waals surface area contributed by atoms with Crippen LogP contribution < -0.4 is 10.6 Å². The summed E-state index contributed by atoms with van der Waals surface area (Å²) in [5.74, 6) is 0. The average Bonchev–Trinajstić information content (AvgIpc) is 2.40. The second-order valence-corrected chi connectivity index (χ2v) is 6.36. The topological polar surface area (TPSA) is 44.4 Å². The summed E-state index contributed by atoms with van der Waals surface area (Å²) in [4.78, 5) is 14.4. The number of likely N-dealkylation sites (tertiary alicyclic amines) is 1. The number of urea groups is 1. The van der Waals surface area contributed by atoms with E-state index in [4.69, 9.17) is 0 Å². The summed E-state index contributed by atoms with van der Waals surface area (Å²) < 4.78 is 0. The van der Waals surface area contributed by atoms with Gasteiger partial charge in [0.2, 0.25) is 0 Å². The van der Waals surface area contributed by atoms with Crippen LogP contribution in [-0.4, -0.2) is 42.1 Å². The van der Waals surface area contributed by atoms with Crippen LogP contribution in [-0.2, 0) is 0 Å². The molecule has 2 fully saturated rings. The van der Waals surface area contributed by atoms with Crippen LogP contribution in [0.25, 0.3) is 0 Å². The lowest BCUT2D eigenvalue weighted by atomic mass is 9.96. The molecule has 0 aromatic heterocycles. The highest BCUT2D eigenvalue weighted by Gasteiger charge is 2.23. The molecule has 1 saturated carbocycles. The summed E-state index contributed by atoms with van der Waals surface area (Å²) in [7, 11) is 0. The van der Waals surface area contributed by atoms with E-state index in [2.05, 4.69) is 29.4 Å². The number of nitrogens with zero attached hydrogens (tertiary/aromatic N) is 1. The third-order valence-electron chi connectivity index (χ3n) is 4.54. The smallest absolute Gasteiger partial charge is 0.315 e. The zero-order chi connectivity index (χ0) is 13.7. The van der Waals surface area contributed by atoms with Crippen molar-refractivity contribution in [1.82, 2.24) is 15.5 Å². The van der Waals surface area contributed by atoms with Gasteiger partial charge in [-0.15, -0.1) is 0 Å². The zero-order valence-corrected chi connectivity index (χ0v) is 12.5. The summed E-state index contributed by atoms with van der Waals surface area (Å²) >= 11 is 0. The number of amides is 2. The highest BCUT2D eigenvalue weighted by Crippen LogP contribution is 2.17. The summed E-state index contributed by atoms with van der Waals surface area (Å²) in [6.45, 7) is 6.69. The molecule has 110 valence electrons. The fraction of sp³-hybridized carbons (Fsp3) is 0.933. The number of carbonyl (C=O) groups excluding carboxylic acids is 1. The first-order valence-corrected chi connectivity index (χ1v) is 7.96. The van der Waals surface area contributed by atoms with Gasteiger partial charge in [0.1, 0.15) is 0 Å². The van der Waals surface area contributed by atoms with Gasteiger partial charge in [0, 0.05) is 31.2 Å². The first kappa shape index (κ1) is 14.6. The fourth-order valence-corrected chi connectivity index (χ4v) is 3.22. The summed E-state index contributed by atoms with van der Waals surface area (Å²) in [6, 6.07) is 1.44. The normalized spacial score (nSPS) is 23.5. The molecule has 0 spiro atoms. The van der Waals surface area contributed by atoms with Crippen LogP contribution in [0.5, 0.6) is 0 Å². The first-order chi connectivity index (χ1) is 9.15. The maximum absolute atomic E-state index is 12.0. The lowest BCUT2D eigenvalue weighted by Crippen LogP contribution is -2.51. The molecule has 1 saturated heterocycles. The Bertz CT molecular complexity index is 279. The van der Waals surface area contributed by atoms with E-state index < -0.39 is 0 Å². The molecule has 1 aliphatic heterocycles. The van der Waals surface area contributed by atoms with Crippen LogP contribution >= 0.6 is 0 Å². The molecule has 19 heavy (non-hydrogen) atoms. The van der Waals surface area contributed by atoms with E-state index in [-0.39, 0.29) is 6.03 Å². The van der Waals surface area contributed by atoms with Gasteiger partial charge >= 0.3 is 6.03 Å². The van der Waals surface area contributed by atoms with Crippen LogP contribution in [0.1, 0.15) is 58.8 Å². The summed E-state index contributed by atoms with van der Waals surface area (Å²) in [5, 5.41) is 6.29. The minimum Gasteiger partial charge on any atom is -0.335 e. The van der Waals surface area contributed by atoms with Crippen LogP contribution in [0, 0.1) is 0 Å². The minimum atomic E-state index is 0.0508. The Hall–Kier alpha value is -0.770. The largest absolute Gasteiger partial charge is 0.335 e. The molecule has 0 unspecified atom stereocenters. The lowest BCUT2D eigenvalue weighted by molar-refractivity contribution is 0.160. The van der Waals surface area contributed by atoms with E-state index >= 15 is 0 Å². The van der Waals surface area contributed by atoms with Gasteiger partial charge in [0.25, 0.3) is 0 Å². The first-order valence-electron chi connectivity index (χ1n) is 7.96. The fourth-order valence-electron chi connectivity index (χ4n) is 3.22. The maximum atomic E-state index is 12.0. The molecule has 4 nitrogen and oxygen atoms in total. The Morgan fingerprint density at radius 3 is 2.00 bits per heavy atom. The molecule has 4 heteroatoms. The SMILES string of the molecule is CC(C)N1CCC(NC(=O)NC2CCCCC2)CC1. The van der Waals surface area contributed by atoms with E-state index in [0.717, 1.165) is 38.8 Å². The van der Waals surface area contributed by atoms with Gasteiger partial charge in [-0.05, 0) is 39.5 Å². The van der Waals surface area contributed by atoms with Crippen molar-refractivity contribution in [1.29, 1.82) is 0 Å². The van der Waals surface area contributed by atoms with Crippen LogP contribution in [0.15, 0.2) is 0 Å². The summed E-state index contributed by atoms with van der Waals surface area (Å²) in [6.07, 6.45) is 8.31. The molecule has 0 aromatic rings. The van der Waals surface area contributed by atoms with Gasteiger partial charge in [0.05, 0.1) is 0 Å². The molecule has 2 rings (SSSR count). The van der Waals surface area contributed by atoms with Crippen molar-refractivity contribution in [2.24, 2.45) is 0 Å². The maximum Gasteiger partial charge on any atom is 0.315 e. The van der Waals surface area contributed by atoms with E-state index in [0.29, 0.717) is 18.1 Å². The monoisotopic (exact) mass is 267 g/mol. The number of piperidine rings is 1. The van der Waals surface area contributed by atoms with Gasteiger partial charge in [-0.3, -0.25) is 0 Å². The molecular weight excluding hydrogens is 238 g/mol. The van der Waals surface area contributed by atoms with Crippen molar-refractivity contribution >= 4 is 6.03 Å². The molecule has 2 N–H and O–H groups in total. The Balaban J connectivity index is 1.65. The Morgan fingerprint density at radius 1 is 0.947 bits per heavy atom. The van der Waals surface area contributed by atoms with E-state index in [1.807, 2.05) is 0 Å². The second kappa shape index (κ2) is 7.13. The molecular formula is C15H29N3O. The Morgan fingerprint density at radius 2 is 1.47 bits per heavy atom. The molecule has 1 heterocycles.